The molecule has 0 fully saturated rings. The van der Waals surface area contributed by atoms with E-state index in [-0.39, 0.29) is 0 Å². The van der Waals surface area contributed by atoms with E-state index in [1.165, 1.54) is 20.2 Å². The fourth-order valence-corrected chi connectivity index (χ4v) is 6.67. The smallest absolute Gasteiger partial charge is 0.0991 e. The minimum atomic E-state index is 0.657. The zero-order chi connectivity index (χ0) is 29.2. The van der Waals surface area contributed by atoms with Crippen LogP contribution in [0.5, 0.6) is 0 Å². The predicted octanol–water partition coefficient (Wildman–Crippen LogP) is 10.5. The van der Waals surface area contributed by atoms with E-state index in [0.717, 1.165) is 45.8 Å². The molecule has 7 rings (SSSR count). The normalized spacial score (nSPS) is 12.7. The summed E-state index contributed by atoms with van der Waals surface area (Å²) < 4.78 is 2.57. The van der Waals surface area contributed by atoms with Crippen LogP contribution < -0.4 is 4.90 Å². The van der Waals surface area contributed by atoms with Crippen LogP contribution >= 0.6 is 11.3 Å². The maximum absolute atomic E-state index is 9.21. The van der Waals surface area contributed by atoms with E-state index in [2.05, 4.69) is 108 Å². The Morgan fingerprint density at radius 2 is 1.19 bits per heavy atom. The Balaban J connectivity index is 1.32. The van der Waals surface area contributed by atoms with Crippen LogP contribution in [0.1, 0.15) is 23.1 Å². The maximum Gasteiger partial charge on any atom is 0.0991 e. The molecular formula is C39H25N3S. The summed E-state index contributed by atoms with van der Waals surface area (Å²) in [5, 5.41) is 20.9. The van der Waals surface area contributed by atoms with Crippen molar-refractivity contribution in [2.24, 2.45) is 0 Å². The third-order valence-corrected chi connectivity index (χ3v) is 8.96. The molecule has 1 aliphatic carbocycles. The minimum absolute atomic E-state index is 0.657. The number of fused-ring (bicyclic) bond motifs is 3. The standard InChI is InChI=1S/C39H25N3S/c40-25-27-8-12-30(13-9-27)29-4-3-5-33(19-16-29)42(34-20-17-32(18-21-34)31-14-10-28(26-41)11-15-31)35-22-23-39-37(24-35)36-6-1-2-7-38(36)43-39/h1-4,6-24H,5H2. The molecule has 0 bridgehead atoms. The second-order valence-electron chi connectivity index (χ2n) is 10.4. The monoisotopic (exact) mass is 567 g/mol. The Morgan fingerprint density at radius 3 is 1.88 bits per heavy atom. The summed E-state index contributed by atoms with van der Waals surface area (Å²) in [4.78, 5) is 2.34. The van der Waals surface area contributed by atoms with Gasteiger partial charge in [0, 0.05) is 43.7 Å². The Bertz CT molecular complexity index is 2150. The molecule has 1 heterocycles. The summed E-state index contributed by atoms with van der Waals surface area (Å²) in [5.41, 5.74) is 9.02. The van der Waals surface area contributed by atoms with Crippen molar-refractivity contribution >= 4 is 48.5 Å². The van der Waals surface area contributed by atoms with E-state index in [4.69, 9.17) is 0 Å². The minimum Gasteiger partial charge on any atom is -0.314 e. The van der Waals surface area contributed by atoms with Crippen LogP contribution in [0.4, 0.5) is 11.4 Å². The number of hydrogen-bond acceptors (Lipinski definition) is 4. The first-order valence-corrected chi connectivity index (χ1v) is 14.9. The van der Waals surface area contributed by atoms with Gasteiger partial charge >= 0.3 is 0 Å². The van der Waals surface area contributed by atoms with Gasteiger partial charge in [0.05, 0.1) is 23.3 Å². The van der Waals surface area contributed by atoms with Crippen LogP contribution in [0, 0.1) is 22.7 Å². The molecule has 4 heteroatoms. The second-order valence-corrected chi connectivity index (χ2v) is 11.5. The molecule has 0 aliphatic heterocycles. The number of allylic oxidation sites excluding steroid dienone is 5. The number of anilines is 2. The molecule has 0 saturated heterocycles. The van der Waals surface area contributed by atoms with Gasteiger partial charge in [-0.05, 0) is 89.0 Å². The van der Waals surface area contributed by atoms with Crippen molar-refractivity contribution in [3.05, 3.63) is 162 Å². The van der Waals surface area contributed by atoms with E-state index in [1.54, 1.807) is 0 Å². The number of nitrogens with zero attached hydrogens (tertiary/aromatic N) is 3. The zero-order valence-corrected chi connectivity index (χ0v) is 24.1. The van der Waals surface area contributed by atoms with Crippen LogP contribution in [0.25, 0.3) is 36.9 Å². The van der Waals surface area contributed by atoms with E-state index >= 15 is 0 Å². The highest BCUT2D eigenvalue weighted by Gasteiger charge is 2.17. The van der Waals surface area contributed by atoms with Crippen molar-refractivity contribution in [3.63, 3.8) is 0 Å². The van der Waals surface area contributed by atoms with Gasteiger partial charge in [-0.25, -0.2) is 0 Å². The molecule has 202 valence electrons. The molecule has 0 amide bonds. The molecule has 1 aromatic heterocycles. The molecule has 5 aromatic carbocycles. The van der Waals surface area contributed by atoms with Crippen molar-refractivity contribution in [2.45, 2.75) is 6.42 Å². The van der Waals surface area contributed by atoms with Gasteiger partial charge in [-0.15, -0.1) is 11.3 Å². The highest BCUT2D eigenvalue weighted by molar-refractivity contribution is 7.25. The molecule has 1 aliphatic rings. The number of hydrogen-bond donors (Lipinski definition) is 0. The lowest BCUT2D eigenvalue weighted by atomic mass is 10.0. The maximum atomic E-state index is 9.21. The third kappa shape index (κ3) is 5.13. The Labute approximate surface area is 254 Å². The number of thiophene rings is 1. The van der Waals surface area contributed by atoms with Crippen LogP contribution in [-0.2, 0) is 0 Å². The fourth-order valence-electron chi connectivity index (χ4n) is 5.59. The SMILES string of the molecule is N#Cc1ccc(C2=CC=C(N(c3ccc(-c4ccc(C#N)cc4)cc3)c3ccc4sc5ccccc5c4c3)CC=C2)cc1. The highest BCUT2D eigenvalue weighted by Crippen LogP contribution is 2.40. The molecule has 6 aromatic rings. The summed E-state index contributed by atoms with van der Waals surface area (Å²) in [7, 11) is 0. The first-order valence-electron chi connectivity index (χ1n) is 14.1. The molecule has 0 N–H and O–H groups in total. The average Bonchev–Trinajstić information content (AvgIpc) is 3.27. The lowest BCUT2D eigenvalue weighted by Crippen LogP contribution is -2.16. The van der Waals surface area contributed by atoms with Crippen LogP contribution in [-0.4, -0.2) is 0 Å². The molecule has 0 spiro atoms. The lowest BCUT2D eigenvalue weighted by Gasteiger charge is -2.28. The van der Waals surface area contributed by atoms with E-state index in [1.807, 2.05) is 59.9 Å². The largest absolute Gasteiger partial charge is 0.314 e. The Kier molecular flexibility index (Phi) is 6.89. The van der Waals surface area contributed by atoms with Crippen molar-refractivity contribution in [1.29, 1.82) is 10.5 Å². The van der Waals surface area contributed by atoms with Crippen LogP contribution in [0.2, 0.25) is 0 Å². The topological polar surface area (TPSA) is 50.8 Å². The van der Waals surface area contributed by atoms with E-state index in [0.29, 0.717) is 11.1 Å². The molecule has 0 unspecified atom stereocenters. The Morgan fingerprint density at radius 1 is 0.581 bits per heavy atom. The predicted molar refractivity (Wildman–Crippen MR) is 179 cm³/mol. The molecule has 0 atom stereocenters. The quantitative estimate of drug-likeness (QED) is 0.208. The number of nitriles is 2. The van der Waals surface area contributed by atoms with E-state index < -0.39 is 0 Å². The molecule has 0 radical (unpaired) electrons. The zero-order valence-electron chi connectivity index (χ0n) is 23.2. The number of rotatable bonds is 5. The van der Waals surface area contributed by atoms with Crippen LogP contribution in [0.15, 0.2) is 145 Å². The fraction of sp³-hybridized carbons (Fsp3) is 0.0256. The highest BCUT2D eigenvalue weighted by atomic mass is 32.1. The van der Waals surface area contributed by atoms with Gasteiger partial charge in [-0.3, -0.25) is 0 Å². The third-order valence-electron chi connectivity index (χ3n) is 7.81. The van der Waals surface area contributed by atoms with Gasteiger partial charge < -0.3 is 4.90 Å². The summed E-state index contributed by atoms with van der Waals surface area (Å²) in [6, 6.07) is 43.8. The molecule has 43 heavy (non-hydrogen) atoms. The van der Waals surface area contributed by atoms with Crippen molar-refractivity contribution in [2.75, 3.05) is 4.90 Å². The lowest BCUT2D eigenvalue weighted by molar-refractivity contribution is 1.08. The molecule has 0 saturated carbocycles. The average molecular weight is 568 g/mol. The van der Waals surface area contributed by atoms with Gasteiger partial charge in [-0.1, -0.05) is 72.8 Å². The summed E-state index contributed by atoms with van der Waals surface area (Å²) in [5.74, 6) is 0. The summed E-state index contributed by atoms with van der Waals surface area (Å²) in [6.07, 6.45) is 9.50. The number of benzene rings is 5. The second kappa shape index (κ2) is 11.3. The van der Waals surface area contributed by atoms with E-state index in [9.17, 15) is 10.5 Å². The van der Waals surface area contributed by atoms with Crippen molar-refractivity contribution in [3.8, 4) is 23.3 Å². The van der Waals surface area contributed by atoms with Gasteiger partial charge in [-0.2, -0.15) is 10.5 Å². The summed E-state index contributed by atoms with van der Waals surface area (Å²) in [6.45, 7) is 0. The molecular weight excluding hydrogens is 543 g/mol. The van der Waals surface area contributed by atoms with Gasteiger partial charge in [0.15, 0.2) is 0 Å². The van der Waals surface area contributed by atoms with Crippen molar-refractivity contribution in [1.82, 2.24) is 0 Å². The van der Waals surface area contributed by atoms with Crippen LogP contribution in [0.3, 0.4) is 0 Å². The van der Waals surface area contributed by atoms with Gasteiger partial charge in [0.2, 0.25) is 0 Å². The first kappa shape index (κ1) is 26.2. The Hall–Kier alpha value is -5.68. The molecule has 3 nitrogen and oxygen atoms in total. The van der Waals surface area contributed by atoms with Gasteiger partial charge in [0.1, 0.15) is 0 Å². The first-order chi connectivity index (χ1) is 21.2. The van der Waals surface area contributed by atoms with Crippen molar-refractivity contribution < 1.29 is 0 Å². The summed E-state index contributed by atoms with van der Waals surface area (Å²) >= 11 is 1.83. The van der Waals surface area contributed by atoms with Gasteiger partial charge in [0.25, 0.3) is 0 Å².